The fourth-order valence-corrected chi connectivity index (χ4v) is 12.3. The van der Waals surface area contributed by atoms with Crippen LogP contribution in [0.15, 0.2) is 29.3 Å². The van der Waals surface area contributed by atoms with Gasteiger partial charge in [-0.2, -0.15) is 0 Å². The number of H-pyrrole nitrogens is 1. The summed E-state index contributed by atoms with van der Waals surface area (Å²) >= 11 is 0. The van der Waals surface area contributed by atoms with Crippen molar-refractivity contribution in [1.82, 2.24) is 67.1 Å². The quantitative estimate of drug-likeness (QED) is 0.0695. The molecule has 5 aliphatic heterocycles. The molecule has 0 saturated carbocycles. The summed E-state index contributed by atoms with van der Waals surface area (Å²) in [5.74, 6) is -13.5. The Morgan fingerprint density at radius 1 is 0.802 bits per heavy atom. The van der Waals surface area contributed by atoms with Crippen molar-refractivity contribution < 1.29 is 82.2 Å². The Balaban J connectivity index is 1.27. The molecule has 1 unspecified atom stereocenters. The number of primary amides is 1. The second kappa shape index (κ2) is 29.5. The van der Waals surface area contributed by atoms with Crippen LogP contribution in [-0.4, -0.2) is 246 Å². The molecule has 12 amide bonds. The molecule has 11 atom stereocenters. The highest BCUT2D eigenvalue weighted by molar-refractivity contribution is 7.85. The molecule has 2 aromatic rings. The number of carbonyl (C=O) groups excluding carboxylic acids is 12. The minimum atomic E-state index is -2.50. The zero-order valence-corrected chi connectivity index (χ0v) is 48.7. The first kappa shape index (κ1) is 65.6. The summed E-state index contributed by atoms with van der Waals surface area (Å²) in [6.07, 6.45) is -1.92. The number of aromatic hydroxyl groups is 1. The SMILES string of the molecule is CC[C@H](C)[C@@H]1NC(=O)CNC(=O)[C@H]2Cc3c([nH]c4c(CN5CCN(CCNC(=O)CCCN6C(=O)C=CC6=O)CC5)c(O)ccc34)S(=O)C[C@@H](NC(=O)CNC1=O)C(=O)N[C@@H](CC(N)=O)C(=O)N1C[C@H](O)C[C@H]1C(=O)N[C@@H]([C@H](C)[C@H](O)CO)C(=O)N2. The maximum Gasteiger partial charge on any atom is 0.253 e. The monoisotopic (exact) mass is 1220 g/mol. The van der Waals surface area contributed by atoms with Crippen LogP contribution in [0.25, 0.3) is 10.9 Å². The summed E-state index contributed by atoms with van der Waals surface area (Å²) in [5.41, 5.74) is 6.09. The number of nitrogens with two attached hydrogens (primary N) is 1. The number of imide groups is 1. The molecule has 0 aliphatic carbocycles. The maximum atomic E-state index is 15.3. The lowest BCUT2D eigenvalue weighted by atomic mass is 9.93. The summed E-state index contributed by atoms with van der Waals surface area (Å²) in [6.45, 7) is 4.56. The van der Waals surface area contributed by atoms with Gasteiger partial charge in [0.05, 0.1) is 60.4 Å². The molecule has 15 N–H and O–H groups in total. The number of hydrogen-bond donors (Lipinski definition) is 14. The molecular formula is C54H76N14O17S. The Hall–Kier alpha value is -7.91. The van der Waals surface area contributed by atoms with E-state index in [1.54, 1.807) is 13.8 Å². The van der Waals surface area contributed by atoms with Crippen molar-refractivity contribution >= 4 is 92.6 Å². The summed E-state index contributed by atoms with van der Waals surface area (Å²) < 4.78 is 15.3. The molecule has 470 valence electrons. The molecule has 2 bridgehead atoms. The maximum absolute atomic E-state index is 15.3. The molecule has 1 aromatic heterocycles. The Morgan fingerprint density at radius 2 is 1.47 bits per heavy atom. The molecule has 0 spiro atoms. The van der Waals surface area contributed by atoms with E-state index in [1.807, 2.05) is 4.90 Å². The van der Waals surface area contributed by atoms with Crippen LogP contribution in [0.4, 0.5) is 0 Å². The number of aromatic amines is 1. The van der Waals surface area contributed by atoms with E-state index in [2.05, 4.69) is 52.4 Å². The number of hydrogen-bond acceptors (Lipinski definition) is 19. The number of nitrogens with zero attached hydrogens (tertiary/aromatic N) is 4. The van der Waals surface area contributed by atoms with Gasteiger partial charge in [-0.1, -0.05) is 27.2 Å². The van der Waals surface area contributed by atoms with Gasteiger partial charge in [-0.15, -0.1) is 0 Å². The van der Waals surface area contributed by atoms with E-state index >= 15 is 4.21 Å². The molecule has 5 aliphatic rings. The zero-order chi connectivity index (χ0) is 62.7. The fraction of sp³-hybridized carbons (Fsp3) is 0.593. The van der Waals surface area contributed by atoms with Gasteiger partial charge in [0.1, 0.15) is 47.0 Å². The first-order chi connectivity index (χ1) is 40.9. The summed E-state index contributed by atoms with van der Waals surface area (Å²) in [4.78, 5) is 172. The molecule has 86 heavy (non-hydrogen) atoms. The van der Waals surface area contributed by atoms with Crippen LogP contribution in [0.5, 0.6) is 5.75 Å². The molecule has 0 radical (unpaired) electrons. The van der Waals surface area contributed by atoms with Gasteiger partial charge in [-0.05, 0) is 30.0 Å². The van der Waals surface area contributed by atoms with E-state index < -0.39 is 187 Å². The van der Waals surface area contributed by atoms with Crippen LogP contribution in [0, 0.1) is 11.8 Å². The van der Waals surface area contributed by atoms with E-state index in [0.29, 0.717) is 52.1 Å². The predicted octanol–water partition coefficient (Wildman–Crippen LogP) is -6.98. The number of rotatable bonds is 16. The van der Waals surface area contributed by atoms with Crippen molar-refractivity contribution in [3.8, 4) is 5.75 Å². The summed E-state index contributed by atoms with van der Waals surface area (Å²) in [6, 6.07) is -7.49. The average Bonchev–Trinajstić information content (AvgIpc) is 2.93. The molecule has 6 heterocycles. The standard InChI is InChI=1S/C54H76N14O17S/c1-4-27(2)45-51(82)58-21-41(75)59-35-26-86(85)53-31(30-7-8-37(71)32(47(30)64-53)24-66-16-14-65(15-17-66)13-11-56-40(74)6-5-12-67-43(77)9-10-44(67)78)19-33(48(79)57-22-42(76)62-45)60-52(83)46(28(3)38(72)25-69)63-50(81)36-18-29(70)23-68(36)54(84)34(20-39(55)73)61-49(35)80/h7-10,27-29,33-36,38,45-46,64,69-72H,4-6,11-26H2,1-3H3,(H2,55,73)(H,56,74)(H,57,79)(H,58,82)(H,59,75)(H,60,83)(H,61,80)(H,62,76)(H,63,81)/t27-,28+,29+,33+,34-,35+,36-,38+,45-,46-,86?/m0/s1. The van der Waals surface area contributed by atoms with Crippen LogP contribution < -0.4 is 48.3 Å². The summed E-state index contributed by atoms with van der Waals surface area (Å²) in [7, 11) is -2.50. The predicted molar refractivity (Wildman–Crippen MR) is 302 cm³/mol. The topological polar surface area (TPSA) is 454 Å². The number of aromatic nitrogens is 1. The van der Waals surface area contributed by atoms with Gasteiger partial charge in [-0.25, -0.2) is 0 Å². The molecule has 2 fully saturated rings. The molecule has 32 heteroatoms. The largest absolute Gasteiger partial charge is 0.508 e. The van der Waals surface area contributed by atoms with Gasteiger partial charge in [-0.3, -0.25) is 76.4 Å². The van der Waals surface area contributed by atoms with Crippen LogP contribution >= 0.6 is 0 Å². The Bertz CT molecular complexity index is 3000. The highest BCUT2D eigenvalue weighted by Gasteiger charge is 2.45. The number of amides is 12. The molecule has 31 nitrogen and oxygen atoms in total. The van der Waals surface area contributed by atoms with E-state index in [4.69, 9.17) is 5.73 Å². The second-order valence-corrected chi connectivity index (χ2v) is 23.6. The number of aliphatic hydroxyl groups excluding tert-OH is 3. The normalized spacial score (nSPS) is 26.5. The molecule has 7 rings (SSSR count). The fourth-order valence-electron chi connectivity index (χ4n) is 10.9. The van der Waals surface area contributed by atoms with Crippen molar-refractivity contribution in [1.29, 1.82) is 0 Å². The van der Waals surface area contributed by atoms with E-state index in [-0.39, 0.29) is 58.2 Å². The number of phenols is 1. The third kappa shape index (κ3) is 16.3. The average molecular weight is 1230 g/mol. The third-order valence-electron chi connectivity index (χ3n) is 16.1. The molecule has 1 aromatic carbocycles. The summed E-state index contributed by atoms with van der Waals surface area (Å²) in [5, 5.41) is 63.7. The number of piperazine rings is 1. The molecule has 2 saturated heterocycles. The lowest BCUT2D eigenvalue weighted by Gasteiger charge is -2.34. The Kier molecular flexibility index (Phi) is 22.5. The molecular weight excluding hydrogens is 1150 g/mol. The van der Waals surface area contributed by atoms with Crippen molar-refractivity contribution in [2.45, 2.75) is 119 Å². The first-order valence-electron chi connectivity index (χ1n) is 28.5. The second-order valence-electron chi connectivity index (χ2n) is 22.1. The number of carbonyl (C=O) groups is 12. The van der Waals surface area contributed by atoms with E-state index in [1.165, 1.54) is 31.2 Å². The number of benzene rings is 1. The van der Waals surface area contributed by atoms with Gasteiger partial charge in [0.2, 0.25) is 59.1 Å². The number of phenolic OH excluding ortho intramolecular Hbond substituents is 1. The first-order valence-corrected chi connectivity index (χ1v) is 29.8. The van der Waals surface area contributed by atoms with E-state index in [0.717, 1.165) is 9.80 Å². The van der Waals surface area contributed by atoms with Gasteiger partial charge in [0.15, 0.2) is 0 Å². The minimum Gasteiger partial charge on any atom is -0.508 e. The van der Waals surface area contributed by atoms with Crippen LogP contribution in [-0.2, 0) is 81.3 Å². The smallest absolute Gasteiger partial charge is 0.253 e. The van der Waals surface area contributed by atoms with Gasteiger partial charge in [0, 0.05) is 107 Å². The van der Waals surface area contributed by atoms with Crippen LogP contribution in [0.2, 0.25) is 0 Å². The lowest BCUT2D eigenvalue weighted by molar-refractivity contribution is -0.144. The Labute approximate surface area is 496 Å². The zero-order valence-electron chi connectivity index (χ0n) is 47.9. The van der Waals surface area contributed by atoms with Crippen molar-refractivity contribution in [2.75, 3.05) is 77.8 Å². The van der Waals surface area contributed by atoms with Gasteiger partial charge in [0.25, 0.3) is 11.8 Å². The minimum absolute atomic E-state index is 0.0459. The van der Waals surface area contributed by atoms with Gasteiger partial charge < -0.3 is 78.6 Å². The third-order valence-corrected chi connectivity index (χ3v) is 17.5. The Morgan fingerprint density at radius 3 is 2.13 bits per heavy atom. The highest BCUT2D eigenvalue weighted by Crippen LogP contribution is 2.35. The number of aliphatic hydroxyl groups is 3. The van der Waals surface area contributed by atoms with Crippen LogP contribution in [0.3, 0.4) is 0 Å². The van der Waals surface area contributed by atoms with Gasteiger partial charge >= 0.3 is 0 Å². The van der Waals surface area contributed by atoms with Crippen LogP contribution in [0.1, 0.15) is 64.0 Å². The van der Waals surface area contributed by atoms with Crippen molar-refractivity contribution in [3.63, 3.8) is 0 Å². The van der Waals surface area contributed by atoms with Crippen molar-refractivity contribution in [3.05, 3.63) is 35.4 Å². The van der Waals surface area contributed by atoms with Crippen molar-refractivity contribution in [2.24, 2.45) is 17.6 Å². The number of nitrogens with one attached hydrogen (secondary N) is 9. The van der Waals surface area contributed by atoms with E-state index in [9.17, 15) is 78.0 Å². The number of fused-ring (bicyclic) bond motifs is 5. The highest BCUT2D eigenvalue weighted by atomic mass is 32.2. The lowest BCUT2D eigenvalue weighted by Crippen LogP contribution is -2.62.